The molecule has 3 rings (SSSR count). The molecule has 35 heavy (non-hydrogen) atoms. The number of aromatic nitrogens is 1. The summed E-state index contributed by atoms with van der Waals surface area (Å²) in [6.07, 6.45) is -7.16. The molecule has 2 amide bonds. The Bertz CT molecular complexity index is 1130. The van der Waals surface area contributed by atoms with Gasteiger partial charge in [-0.15, -0.1) is 0 Å². The number of hydrogen-bond acceptors (Lipinski definition) is 3. The number of alkyl halides is 4. The van der Waals surface area contributed by atoms with Gasteiger partial charge in [-0.3, -0.25) is 4.98 Å². The van der Waals surface area contributed by atoms with Crippen molar-refractivity contribution in [2.75, 3.05) is 0 Å². The van der Waals surface area contributed by atoms with Crippen molar-refractivity contribution < 1.29 is 27.1 Å². The zero-order valence-electron chi connectivity index (χ0n) is 18.9. The Balaban J connectivity index is 2.19. The van der Waals surface area contributed by atoms with Gasteiger partial charge in [-0.1, -0.05) is 54.1 Å². The molecule has 2 aromatic carbocycles. The molecule has 186 valence electrons. The van der Waals surface area contributed by atoms with Gasteiger partial charge in [-0.05, 0) is 49.2 Å². The molecule has 0 aliphatic heterocycles. The van der Waals surface area contributed by atoms with E-state index in [0.717, 1.165) is 11.6 Å². The van der Waals surface area contributed by atoms with Crippen LogP contribution in [0.5, 0.6) is 5.75 Å². The summed E-state index contributed by atoms with van der Waals surface area (Å²) in [6, 6.07) is 16.8. The van der Waals surface area contributed by atoms with Gasteiger partial charge in [0.1, 0.15) is 11.3 Å². The Morgan fingerprint density at radius 1 is 1.06 bits per heavy atom. The van der Waals surface area contributed by atoms with Crippen molar-refractivity contribution in [3.8, 4) is 5.75 Å². The number of amides is 2. The minimum Gasteiger partial charge on any atom is -0.428 e. The van der Waals surface area contributed by atoms with Crippen LogP contribution >= 0.6 is 11.6 Å². The van der Waals surface area contributed by atoms with Crippen LogP contribution in [-0.4, -0.2) is 29.6 Å². The van der Waals surface area contributed by atoms with E-state index in [9.17, 15) is 22.4 Å². The molecular weight excluding hydrogens is 486 g/mol. The average molecular weight is 510 g/mol. The summed E-state index contributed by atoms with van der Waals surface area (Å²) in [4.78, 5) is 17.4. The van der Waals surface area contributed by atoms with Crippen LogP contribution in [0.1, 0.15) is 30.7 Å². The predicted molar refractivity (Wildman–Crippen MR) is 125 cm³/mol. The first-order chi connectivity index (χ1) is 16.5. The fraction of sp³-hybridized carbons (Fsp3) is 0.280. The van der Waals surface area contributed by atoms with Gasteiger partial charge in [0, 0.05) is 18.7 Å². The number of carbonyl (C=O) groups excluding carboxylic acids is 1. The maximum absolute atomic E-state index is 13.6. The van der Waals surface area contributed by atoms with Gasteiger partial charge < -0.3 is 15.4 Å². The number of urea groups is 1. The van der Waals surface area contributed by atoms with E-state index in [1.807, 2.05) is 30.3 Å². The Morgan fingerprint density at radius 2 is 1.77 bits per heavy atom. The van der Waals surface area contributed by atoms with Crippen molar-refractivity contribution in [2.45, 2.75) is 44.4 Å². The van der Waals surface area contributed by atoms with Crippen LogP contribution in [0, 0.1) is 0 Å². The molecule has 2 N–H and O–H groups in total. The van der Waals surface area contributed by atoms with Crippen molar-refractivity contribution in [1.29, 1.82) is 0 Å². The monoisotopic (exact) mass is 509 g/mol. The van der Waals surface area contributed by atoms with Gasteiger partial charge >= 0.3 is 18.6 Å². The zero-order valence-corrected chi connectivity index (χ0v) is 19.7. The Morgan fingerprint density at radius 3 is 2.37 bits per heavy atom. The van der Waals surface area contributed by atoms with E-state index >= 15 is 0 Å². The van der Waals surface area contributed by atoms with E-state index < -0.39 is 29.9 Å². The van der Waals surface area contributed by atoms with Crippen LogP contribution < -0.4 is 15.4 Å². The molecule has 5 nitrogen and oxygen atoms in total. The van der Waals surface area contributed by atoms with Crippen LogP contribution in [-0.2, 0) is 12.0 Å². The predicted octanol–water partition coefficient (Wildman–Crippen LogP) is 6.17. The molecule has 0 spiro atoms. The van der Waals surface area contributed by atoms with Crippen molar-refractivity contribution in [2.24, 2.45) is 0 Å². The smallest absolute Gasteiger partial charge is 0.428 e. The van der Waals surface area contributed by atoms with Crippen molar-refractivity contribution in [1.82, 2.24) is 15.6 Å². The molecule has 1 atom stereocenters. The number of halogens is 5. The van der Waals surface area contributed by atoms with Gasteiger partial charge in [0.2, 0.25) is 0 Å². The third-order valence-corrected chi connectivity index (χ3v) is 5.28. The largest absolute Gasteiger partial charge is 0.461 e. The molecule has 0 fully saturated rings. The summed E-state index contributed by atoms with van der Waals surface area (Å²) >= 11 is 6.03. The lowest BCUT2D eigenvalue weighted by Crippen LogP contribution is -2.53. The number of nitrogens with zero attached hydrogens (tertiary/aromatic N) is 1. The molecule has 10 heteroatoms. The minimum absolute atomic E-state index is 0.155. The van der Waals surface area contributed by atoms with E-state index in [1.165, 1.54) is 18.3 Å². The van der Waals surface area contributed by atoms with Crippen LogP contribution in [0.3, 0.4) is 0 Å². The van der Waals surface area contributed by atoms with Crippen molar-refractivity contribution in [3.63, 3.8) is 0 Å². The Labute approximate surface area is 205 Å². The summed E-state index contributed by atoms with van der Waals surface area (Å²) in [5.41, 5.74) is 0.0307. The molecule has 0 radical (unpaired) electrons. The first-order valence-corrected chi connectivity index (χ1v) is 11.1. The lowest BCUT2D eigenvalue weighted by atomic mass is 9.80. The molecule has 1 unspecified atom stereocenters. The summed E-state index contributed by atoms with van der Waals surface area (Å²) in [7, 11) is 0. The SMILES string of the molecule is CC(C)NC(=O)NC(Cc1ccccc1)(c1cccc(OC(F)(F)C(F)F)c1)c1ccc(Cl)cn1. The quantitative estimate of drug-likeness (QED) is 0.339. The van der Waals surface area contributed by atoms with Crippen LogP contribution in [0.4, 0.5) is 22.4 Å². The summed E-state index contributed by atoms with van der Waals surface area (Å²) in [5.74, 6) is -0.495. The zero-order chi connectivity index (χ0) is 25.6. The van der Waals surface area contributed by atoms with Gasteiger partial charge in [-0.25, -0.2) is 4.79 Å². The van der Waals surface area contributed by atoms with Gasteiger partial charge in [0.05, 0.1) is 10.7 Å². The maximum Gasteiger partial charge on any atom is 0.461 e. The number of rotatable bonds is 9. The van der Waals surface area contributed by atoms with Crippen molar-refractivity contribution >= 4 is 17.6 Å². The van der Waals surface area contributed by atoms with Crippen LogP contribution in [0.25, 0.3) is 0 Å². The Hall–Kier alpha value is -3.33. The van der Waals surface area contributed by atoms with Gasteiger partial charge in [0.25, 0.3) is 0 Å². The van der Waals surface area contributed by atoms with E-state index in [4.69, 9.17) is 11.6 Å². The number of hydrogen-bond donors (Lipinski definition) is 2. The van der Waals surface area contributed by atoms with E-state index in [-0.39, 0.29) is 18.0 Å². The lowest BCUT2D eigenvalue weighted by Gasteiger charge is -2.36. The standard InChI is InChI=1S/C25H24ClF4N3O2/c1-16(2)32-23(34)33-24(14-17-7-4-3-5-8-17,21-12-11-19(26)15-31-21)18-9-6-10-20(13-18)35-25(29,30)22(27)28/h3-13,15-16,22H,14H2,1-2H3,(H2,32,33,34). The Kier molecular flexibility index (Phi) is 8.22. The van der Waals surface area contributed by atoms with Gasteiger partial charge in [0.15, 0.2) is 0 Å². The highest BCUT2D eigenvalue weighted by Gasteiger charge is 2.44. The topological polar surface area (TPSA) is 63.2 Å². The normalized spacial score (nSPS) is 13.4. The number of benzene rings is 2. The fourth-order valence-corrected chi connectivity index (χ4v) is 3.68. The summed E-state index contributed by atoms with van der Waals surface area (Å²) in [5, 5.41) is 6.03. The number of carbonyl (C=O) groups is 1. The maximum atomic E-state index is 13.6. The summed E-state index contributed by atoms with van der Waals surface area (Å²) in [6.45, 7) is 3.56. The van der Waals surface area contributed by atoms with Crippen LogP contribution in [0.15, 0.2) is 72.9 Å². The second-order valence-corrected chi connectivity index (χ2v) is 8.61. The first kappa shape index (κ1) is 26.3. The third kappa shape index (κ3) is 6.63. The lowest BCUT2D eigenvalue weighted by molar-refractivity contribution is -0.253. The van der Waals surface area contributed by atoms with E-state index in [2.05, 4.69) is 20.4 Å². The summed E-state index contributed by atoms with van der Waals surface area (Å²) < 4.78 is 57.1. The molecular formula is C25H24ClF4N3O2. The molecule has 0 bridgehead atoms. The molecule has 1 aromatic heterocycles. The number of nitrogens with one attached hydrogen (secondary N) is 2. The average Bonchev–Trinajstić information content (AvgIpc) is 2.79. The first-order valence-electron chi connectivity index (χ1n) is 10.7. The molecule has 0 aliphatic carbocycles. The number of pyridine rings is 1. The number of ether oxygens (including phenoxy) is 1. The van der Waals surface area contributed by atoms with E-state index in [0.29, 0.717) is 10.7 Å². The second-order valence-electron chi connectivity index (χ2n) is 8.17. The highest BCUT2D eigenvalue weighted by molar-refractivity contribution is 6.30. The molecule has 0 aliphatic rings. The van der Waals surface area contributed by atoms with Crippen molar-refractivity contribution in [3.05, 3.63) is 94.8 Å². The highest BCUT2D eigenvalue weighted by Crippen LogP contribution is 2.36. The minimum atomic E-state index is -4.69. The fourth-order valence-electron chi connectivity index (χ4n) is 3.57. The van der Waals surface area contributed by atoms with Crippen LogP contribution in [0.2, 0.25) is 5.02 Å². The highest BCUT2D eigenvalue weighted by atomic mass is 35.5. The molecule has 0 saturated heterocycles. The second kappa shape index (κ2) is 10.9. The molecule has 3 aromatic rings. The molecule has 1 heterocycles. The molecule has 0 saturated carbocycles. The third-order valence-electron chi connectivity index (χ3n) is 5.06. The van der Waals surface area contributed by atoms with E-state index in [1.54, 1.807) is 32.0 Å². The van der Waals surface area contributed by atoms with Gasteiger partial charge in [-0.2, -0.15) is 17.6 Å².